The van der Waals surface area contributed by atoms with Crippen LogP contribution in [0.25, 0.3) is 0 Å². The van der Waals surface area contributed by atoms with Gasteiger partial charge in [-0.1, -0.05) is 30.3 Å². The molecule has 2 fully saturated rings. The Morgan fingerprint density at radius 3 is 2.52 bits per heavy atom. The first-order valence-corrected chi connectivity index (χ1v) is 11.5. The largest absolute Gasteiger partial charge is 0.381 e. The summed E-state index contributed by atoms with van der Waals surface area (Å²) < 4.78 is 5.41. The molecule has 5 rings (SSSR count). The minimum absolute atomic E-state index is 0.157. The van der Waals surface area contributed by atoms with Crippen LogP contribution >= 0.6 is 0 Å². The molecule has 0 aliphatic carbocycles. The molecule has 2 aromatic rings. The molecule has 0 saturated carbocycles. The lowest BCUT2D eigenvalue weighted by Gasteiger charge is -2.29. The topological polar surface area (TPSA) is 91.0 Å². The summed E-state index contributed by atoms with van der Waals surface area (Å²) in [6.45, 7) is 5.47. The van der Waals surface area contributed by atoms with Crippen LogP contribution in [0.5, 0.6) is 0 Å². The Hall–Kier alpha value is -3.23. The lowest BCUT2D eigenvalue weighted by molar-refractivity contribution is -0.136. The van der Waals surface area contributed by atoms with E-state index < -0.39 is 6.04 Å². The third-order valence-corrected chi connectivity index (χ3v) is 6.60. The lowest BCUT2D eigenvalue weighted by atomic mass is 10.0. The molecular weight excluding hydrogens is 420 g/mol. The molecule has 33 heavy (non-hydrogen) atoms. The van der Waals surface area contributed by atoms with Crippen molar-refractivity contribution in [1.29, 1.82) is 0 Å². The van der Waals surface area contributed by atoms with Gasteiger partial charge in [0.05, 0.1) is 13.2 Å². The minimum atomic E-state index is -0.602. The Labute approximate surface area is 192 Å². The molecule has 2 saturated heterocycles. The number of benzene rings is 2. The molecule has 172 valence electrons. The molecule has 1 atom stereocenters. The molecule has 2 aromatic carbocycles. The van der Waals surface area contributed by atoms with Crippen molar-refractivity contribution < 1.29 is 19.1 Å². The minimum Gasteiger partial charge on any atom is -0.381 e. The highest BCUT2D eigenvalue weighted by Crippen LogP contribution is 2.32. The third kappa shape index (κ3) is 4.62. The van der Waals surface area contributed by atoms with E-state index in [-0.39, 0.29) is 24.1 Å². The van der Waals surface area contributed by atoms with Crippen LogP contribution in [0.4, 0.5) is 5.69 Å². The monoisotopic (exact) mass is 448 g/mol. The van der Waals surface area contributed by atoms with Gasteiger partial charge >= 0.3 is 0 Å². The Kier molecular flexibility index (Phi) is 6.11. The predicted octanol–water partition coefficient (Wildman–Crippen LogP) is 1.89. The first-order chi connectivity index (χ1) is 16.1. The molecule has 3 aliphatic heterocycles. The van der Waals surface area contributed by atoms with E-state index in [9.17, 15) is 14.4 Å². The molecule has 2 N–H and O–H groups in total. The van der Waals surface area contributed by atoms with E-state index in [4.69, 9.17) is 4.74 Å². The van der Waals surface area contributed by atoms with Gasteiger partial charge < -0.3 is 15.0 Å². The van der Waals surface area contributed by atoms with Gasteiger partial charge in [-0.2, -0.15) is 0 Å². The van der Waals surface area contributed by atoms with Gasteiger partial charge in [0, 0.05) is 56.0 Å². The molecule has 0 unspecified atom stereocenters. The van der Waals surface area contributed by atoms with Crippen molar-refractivity contribution in [3.8, 4) is 0 Å². The summed E-state index contributed by atoms with van der Waals surface area (Å²) in [4.78, 5) is 40.7. The Bertz CT molecular complexity index is 1060. The van der Waals surface area contributed by atoms with Crippen molar-refractivity contribution in [3.63, 3.8) is 0 Å². The van der Waals surface area contributed by atoms with Gasteiger partial charge in [0.1, 0.15) is 6.04 Å². The van der Waals surface area contributed by atoms with Crippen LogP contribution < -0.4 is 10.6 Å². The normalized spacial score (nSPS) is 21.2. The lowest BCUT2D eigenvalue weighted by Crippen LogP contribution is -2.52. The number of piperidine rings is 1. The van der Waals surface area contributed by atoms with Gasteiger partial charge in [-0.15, -0.1) is 0 Å². The van der Waals surface area contributed by atoms with E-state index in [0.29, 0.717) is 25.1 Å². The van der Waals surface area contributed by atoms with Crippen molar-refractivity contribution in [2.24, 2.45) is 0 Å². The number of carbonyl (C=O) groups is 3. The highest BCUT2D eigenvalue weighted by Gasteiger charge is 2.39. The van der Waals surface area contributed by atoms with Crippen molar-refractivity contribution in [3.05, 3.63) is 64.7 Å². The fourth-order valence-corrected chi connectivity index (χ4v) is 4.73. The van der Waals surface area contributed by atoms with Crippen LogP contribution in [0.3, 0.4) is 0 Å². The molecule has 0 spiro atoms. The van der Waals surface area contributed by atoms with Gasteiger partial charge in [0.15, 0.2) is 0 Å². The van der Waals surface area contributed by atoms with Crippen LogP contribution in [0.1, 0.15) is 39.9 Å². The van der Waals surface area contributed by atoms with Crippen molar-refractivity contribution in [1.82, 2.24) is 15.1 Å². The quantitative estimate of drug-likeness (QED) is 0.656. The highest BCUT2D eigenvalue weighted by atomic mass is 16.5. The molecule has 8 heteroatoms. The van der Waals surface area contributed by atoms with Gasteiger partial charge in [0.25, 0.3) is 5.91 Å². The van der Waals surface area contributed by atoms with E-state index in [1.165, 1.54) is 5.56 Å². The first kappa shape index (κ1) is 21.6. The number of fused-ring (bicyclic) bond motifs is 1. The summed E-state index contributed by atoms with van der Waals surface area (Å²) in [6, 6.07) is 13.6. The maximum atomic E-state index is 13.0. The Morgan fingerprint density at radius 1 is 1.00 bits per heavy atom. The number of imide groups is 1. The SMILES string of the molecule is O=C1CC[C@@H](N2Cc3c(NCc4ccc(CN5CCOCC5)cc4)cccc3C2=O)C(=O)N1. The summed E-state index contributed by atoms with van der Waals surface area (Å²) in [7, 11) is 0. The van der Waals surface area contributed by atoms with Crippen LogP contribution in [0.15, 0.2) is 42.5 Å². The van der Waals surface area contributed by atoms with Crippen LogP contribution in [-0.4, -0.2) is 59.9 Å². The smallest absolute Gasteiger partial charge is 0.255 e. The summed E-state index contributed by atoms with van der Waals surface area (Å²) >= 11 is 0. The van der Waals surface area contributed by atoms with E-state index >= 15 is 0 Å². The number of rotatable bonds is 6. The average molecular weight is 449 g/mol. The Morgan fingerprint density at radius 2 is 1.76 bits per heavy atom. The molecule has 3 amide bonds. The first-order valence-electron chi connectivity index (χ1n) is 11.5. The molecule has 0 bridgehead atoms. The molecule has 3 heterocycles. The molecule has 3 aliphatic rings. The zero-order chi connectivity index (χ0) is 22.8. The van der Waals surface area contributed by atoms with Crippen LogP contribution in [0.2, 0.25) is 0 Å². The van der Waals surface area contributed by atoms with Gasteiger partial charge in [-0.05, 0) is 29.7 Å². The zero-order valence-corrected chi connectivity index (χ0v) is 18.5. The summed E-state index contributed by atoms with van der Waals surface area (Å²) in [5.41, 5.74) is 4.85. The van der Waals surface area contributed by atoms with Gasteiger partial charge in [-0.3, -0.25) is 24.6 Å². The maximum Gasteiger partial charge on any atom is 0.255 e. The number of anilines is 1. The van der Waals surface area contributed by atoms with Crippen LogP contribution in [0, 0.1) is 0 Å². The van der Waals surface area contributed by atoms with Gasteiger partial charge in [-0.25, -0.2) is 0 Å². The number of nitrogens with zero attached hydrogens (tertiary/aromatic N) is 2. The average Bonchev–Trinajstić information content (AvgIpc) is 3.16. The second-order valence-electron chi connectivity index (χ2n) is 8.79. The summed E-state index contributed by atoms with van der Waals surface area (Å²) in [6.07, 6.45) is 0.618. The molecule has 0 aromatic heterocycles. The van der Waals surface area contributed by atoms with Crippen molar-refractivity contribution >= 4 is 23.4 Å². The Balaban J connectivity index is 1.23. The number of ether oxygens (including phenoxy) is 1. The number of hydrogen-bond donors (Lipinski definition) is 2. The fourth-order valence-electron chi connectivity index (χ4n) is 4.73. The molecular formula is C25H28N4O4. The standard InChI is InChI=1S/C25H28N4O4/c30-23-9-8-22(24(31)27-23)29-16-20-19(25(29)32)2-1-3-21(20)26-14-17-4-6-18(7-5-17)15-28-10-12-33-13-11-28/h1-7,22,26H,8-16H2,(H,27,30,31)/t22-/m1/s1. The number of nitrogens with one attached hydrogen (secondary N) is 2. The van der Waals surface area contributed by atoms with E-state index in [1.807, 2.05) is 12.1 Å². The van der Waals surface area contributed by atoms with Crippen molar-refractivity contribution in [2.75, 3.05) is 31.6 Å². The van der Waals surface area contributed by atoms with E-state index in [2.05, 4.69) is 39.8 Å². The maximum absolute atomic E-state index is 13.0. The third-order valence-electron chi connectivity index (χ3n) is 6.60. The number of carbonyl (C=O) groups excluding carboxylic acids is 3. The number of morpholine rings is 1. The molecule has 8 nitrogen and oxygen atoms in total. The molecule has 0 radical (unpaired) electrons. The highest BCUT2D eigenvalue weighted by molar-refractivity contribution is 6.06. The van der Waals surface area contributed by atoms with E-state index in [1.54, 1.807) is 11.0 Å². The zero-order valence-electron chi connectivity index (χ0n) is 18.5. The van der Waals surface area contributed by atoms with Crippen molar-refractivity contribution in [2.45, 2.75) is 38.5 Å². The number of hydrogen-bond acceptors (Lipinski definition) is 6. The van der Waals surface area contributed by atoms with Crippen LogP contribution in [-0.2, 0) is 34.0 Å². The second-order valence-corrected chi connectivity index (χ2v) is 8.79. The van der Waals surface area contributed by atoms with E-state index in [0.717, 1.165) is 49.7 Å². The predicted molar refractivity (Wildman–Crippen MR) is 122 cm³/mol. The number of amides is 3. The van der Waals surface area contributed by atoms with Gasteiger partial charge in [0.2, 0.25) is 11.8 Å². The summed E-state index contributed by atoms with van der Waals surface area (Å²) in [5.74, 6) is -0.826. The second kappa shape index (κ2) is 9.33. The summed E-state index contributed by atoms with van der Waals surface area (Å²) in [5, 5.41) is 5.81. The fraction of sp³-hybridized carbons (Fsp3) is 0.400.